The van der Waals surface area contributed by atoms with Gasteiger partial charge in [0, 0.05) is 24.3 Å². The van der Waals surface area contributed by atoms with Crippen LogP contribution < -0.4 is 10.1 Å². The van der Waals surface area contributed by atoms with Crippen LogP contribution in [-0.4, -0.2) is 36.9 Å². The van der Waals surface area contributed by atoms with Crippen molar-refractivity contribution in [1.29, 1.82) is 0 Å². The second-order valence-electron chi connectivity index (χ2n) is 7.84. The van der Waals surface area contributed by atoms with Gasteiger partial charge in [0.05, 0.1) is 12.7 Å². The summed E-state index contributed by atoms with van der Waals surface area (Å²) in [4.78, 5) is 27.7. The molecule has 1 saturated heterocycles. The molecule has 1 aliphatic rings. The van der Waals surface area contributed by atoms with Gasteiger partial charge in [-0.05, 0) is 55.0 Å². The Balaban J connectivity index is 1.81. The number of likely N-dealkylation sites (tertiary alicyclic amines) is 1. The number of aryl methyl sites for hydroxylation is 1. The molecule has 2 unspecified atom stereocenters. The smallest absolute Gasteiger partial charge is 0.259 e. The molecule has 2 atom stereocenters. The molecule has 28 heavy (non-hydrogen) atoms. The molecule has 1 N–H and O–H groups in total. The van der Waals surface area contributed by atoms with Crippen LogP contribution in [0.5, 0.6) is 5.75 Å². The summed E-state index contributed by atoms with van der Waals surface area (Å²) in [7, 11) is 1.54. The highest BCUT2D eigenvalue weighted by Gasteiger charge is 2.26. The van der Waals surface area contributed by atoms with Crippen LogP contribution in [0.1, 0.15) is 46.5 Å². The van der Waals surface area contributed by atoms with Gasteiger partial charge < -0.3 is 15.0 Å². The maximum atomic E-state index is 13.0. The Labute approximate surface area is 166 Å². The third kappa shape index (κ3) is 4.35. The van der Waals surface area contributed by atoms with Crippen LogP contribution in [0.3, 0.4) is 0 Å². The molecule has 0 aromatic heterocycles. The number of hydrogen-bond acceptors (Lipinski definition) is 3. The van der Waals surface area contributed by atoms with E-state index in [1.165, 1.54) is 7.11 Å². The van der Waals surface area contributed by atoms with Gasteiger partial charge in [-0.25, -0.2) is 0 Å². The fourth-order valence-corrected chi connectivity index (χ4v) is 3.92. The predicted octanol–water partition coefficient (Wildman–Crippen LogP) is 4.37. The van der Waals surface area contributed by atoms with Gasteiger partial charge in [-0.1, -0.05) is 32.0 Å². The zero-order chi connectivity index (χ0) is 20.3. The molecule has 0 spiro atoms. The van der Waals surface area contributed by atoms with E-state index in [9.17, 15) is 9.59 Å². The molecule has 5 nitrogen and oxygen atoms in total. The standard InChI is InChI=1S/C23H28N2O3/c1-15-11-16(2)14-25(13-15)23(27)18-10-9-17(3)20(12-18)24-22(26)19-7-5-6-8-21(19)28-4/h5-10,12,15-16H,11,13-14H2,1-4H3,(H,24,26). The van der Waals surface area contributed by atoms with E-state index in [0.29, 0.717) is 34.4 Å². The summed E-state index contributed by atoms with van der Waals surface area (Å²) in [6.07, 6.45) is 1.15. The summed E-state index contributed by atoms with van der Waals surface area (Å²) in [5.41, 5.74) is 2.60. The molecule has 5 heteroatoms. The maximum absolute atomic E-state index is 13.0. The molecule has 0 aliphatic carbocycles. The first-order valence-corrected chi connectivity index (χ1v) is 9.73. The largest absolute Gasteiger partial charge is 0.496 e. The monoisotopic (exact) mass is 380 g/mol. The van der Waals surface area contributed by atoms with Gasteiger partial charge in [-0.3, -0.25) is 9.59 Å². The third-order valence-corrected chi connectivity index (χ3v) is 5.24. The molecule has 0 bridgehead atoms. The van der Waals surface area contributed by atoms with Gasteiger partial charge in [-0.2, -0.15) is 0 Å². The number of anilines is 1. The molecule has 3 rings (SSSR count). The van der Waals surface area contributed by atoms with Crippen LogP contribution in [-0.2, 0) is 0 Å². The Bertz CT molecular complexity index is 868. The van der Waals surface area contributed by atoms with Crippen LogP contribution in [0.15, 0.2) is 42.5 Å². The summed E-state index contributed by atoms with van der Waals surface area (Å²) in [6.45, 7) is 7.84. The maximum Gasteiger partial charge on any atom is 0.259 e. The fourth-order valence-electron chi connectivity index (χ4n) is 3.92. The summed E-state index contributed by atoms with van der Waals surface area (Å²) in [5.74, 6) is 1.28. The van der Waals surface area contributed by atoms with Gasteiger partial charge in [0.15, 0.2) is 0 Å². The van der Waals surface area contributed by atoms with E-state index < -0.39 is 0 Å². The van der Waals surface area contributed by atoms with Crippen LogP contribution in [0, 0.1) is 18.8 Å². The summed E-state index contributed by atoms with van der Waals surface area (Å²) < 4.78 is 5.27. The highest BCUT2D eigenvalue weighted by molar-refractivity contribution is 6.07. The molecule has 2 aromatic carbocycles. The van der Waals surface area contributed by atoms with E-state index in [1.807, 2.05) is 30.0 Å². The Morgan fingerprint density at radius 2 is 1.75 bits per heavy atom. The Kier molecular flexibility index (Phi) is 6.02. The minimum absolute atomic E-state index is 0.0196. The van der Waals surface area contributed by atoms with Crippen LogP contribution >= 0.6 is 0 Å². The van der Waals surface area contributed by atoms with Crippen LogP contribution in [0.2, 0.25) is 0 Å². The number of amides is 2. The van der Waals surface area contributed by atoms with E-state index >= 15 is 0 Å². The number of carbonyl (C=O) groups is 2. The molecular formula is C23H28N2O3. The molecule has 0 saturated carbocycles. The second kappa shape index (κ2) is 8.46. The molecule has 2 amide bonds. The molecule has 148 valence electrons. The molecule has 2 aromatic rings. The van der Waals surface area contributed by atoms with Crippen molar-refractivity contribution in [2.75, 3.05) is 25.5 Å². The van der Waals surface area contributed by atoms with Crippen molar-refractivity contribution in [1.82, 2.24) is 4.90 Å². The quantitative estimate of drug-likeness (QED) is 0.857. The predicted molar refractivity (Wildman–Crippen MR) is 111 cm³/mol. The van der Waals surface area contributed by atoms with Crippen molar-refractivity contribution in [3.05, 3.63) is 59.2 Å². The number of piperidine rings is 1. The fraction of sp³-hybridized carbons (Fsp3) is 0.391. The number of para-hydroxylation sites is 1. The normalized spacial score (nSPS) is 19.2. The van der Waals surface area contributed by atoms with E-state index in [2.05, 4.69) is 19.2 Å². The van der Waals surface area contributed by atoms with Gasteiger partial charge in [0.25, 0.3) is 11.8 Å². The average Bonchev–Trinajstić information content (AvgIpc) is 2.68. The Morgan fingerprint density at radius 1 is 1.07 bits per heavy atom. The first-order chi connectivity index (χ1) is 13.4. The lowest BCUT2D eigenvalue weighted by atomic mass is 9.91. The van der Waals surface area contributed by atoms with E-state index in [0.717, 1.165) is 25.1 Å². The molecule has 0 radical (unpaired) electrons. The summed E-state index contributed by atoms with van der Waals surface area (Å²) in [5, 5.41) is 2.93. The Hall–Kier alpha value is -2.82. The minimum Gasteiger partial charge on any atom is -0.496 e. The first kappa shape index (κ1) is 19.9. The lowest BCUT2D eigenvalue weighted by Crippen LogP contribution is -2.42. The number of methoxy groups -OCH3 is 1. The van der Waals surface area contributed by atoms with Gasteiger partial charge in [0.1, 0.15) is 5.75 Å². The van der Waals surface area contributed by atoms with Crippen molar-refractivity contribution < 1.29 is 14.3 Å². The van der Waals surface area contributed by atoms with E-state index in [-0.39, 0.29) is 11.8 Å². The van der Waals surface area contributed by atoms with Crippen molar-refractivity contribution >= 4 is 17.5 Å². The molecule has 1 aliphatic heterocycles. The SMILES string of the molecule is COc1ccccc1C(=O)Nc1cc(C(=O)N2CC(C)CC(C)C2)ccc1C. The van der Waals surface area contributed by atoms with Crippen molar-refractivity contribution in [3.8, 4) is 5.75 Å². The minimum atomic E-state index is -0.259. The van der Waals surface area contributed by atoms with Crippen LogP contribution in [0.4, 0.5) is 5.69 Å². The summed E-state index contributed by atoms with van der Waals surface area (Å²) >= 11 is 0. The number of hydrogen-bond donors (Lipinski definition) is 1. The summed E-state index contributed by atoms with van der Waals surface area (Å²) in [6, 6.07) is 12.6. The number of nitrogens with zero attached hydrogens (tertiary/aromatic N) is 1. The average molecular weight is 380 g/mol. The highest BCUT2D eigenvalue weighted by Crippen LogP contribution is 2.25. The Morgan fingerprint density at radius 3 is 2.43 bits per heavy atom. The molecular weight excluding hydrogens is 352 g/mol. The third-order valence-electron chi connectivity index (χ3n) is 5.24. The highest BCUT2D eigenvalue weighted by atomic mass is 16.5. The van der Waals surface area contributed by atoms with Crippen molar-refractivity contribution in [3.63, 3.8) is 0 Å². The zero-order valence-electron chi connectivity index (χ0n) is 17.0. The molecule has 1 fully saturated rings. The van der Waals surface area contributed by atoms with Gasteiger partial charge in [0.2, 0.25) is 0 Å². The van der Waals surface area contributed by atoms with Gasteiger partial charge in [-0.15, -0.1) is 0 Å². The number of benzene rings is 2. The lowest BCUT2D eigenvalue weighted by molar-refractivity contribution is 0.0623. The van der Waals surface area contributed by atoms with Crippen molar-refractivity contribution in [2.24, 2.45) is 11.8 Å². The number of rotatable bonds is 4. The van der Waals surface area contributed by atoms with Gasteiger partial charge >= 0.3 is 0 Å². The first-order valence-electron chi connectivity index (χ1n) is 9.73. The number of carbonyl (C=O) groups excluding carboxylic acids is 2. The second-order valence-corrected chi connectivity index (χ2v) is 7.84. The molecule has 1 heterocycles. The zero-order valence-corrected chi connectivity index (χ0v) is 17.0. The van der Waals surface area contributed by atoms with E-state index in [4.69, 9.17) is 4.74 Å². The number of ether oxygens (including phenoxy) is 1. The lowest BCUT2D eigenvalue weighted by Gasteiger charge is -2.35. The van der Waals surface area contributed by atoms with Crippen molar-refractivity contribution in [2.45, 2.75) is 27.2 Å². The number of nitrogens with one attached hydrogen (secondary N) is 1. The topological polar surface area (TPSA) is 58.6 Å². The van der Waals surface area contributed by atoms with E-state index in [1.54, 1.807) is 24.3 Å². The van der Waals surface area contributed by atoms with Crippen LogP contribution in [0.25, 0.3) is 0 Å².